The molecule has 2 aromatic rings. The third-order valence-corrected chi connectivity index (χ3v) is 3.33. The van der Waals surface area contributed by atoms with Gasteiger partial charge in [-0.15, -0.1) is 5.10 Å². The van der Waals surface area contributed by atoms with Gasteiger partial charge in [-0.2, -0.15) is 5.10 Å². The molecule has 2 aromatic heterocycles. The number of aromatic nitrogens is 5. The number of nitrogens with zero attached hydrogens (tertiary/aromatic N) is 5. The number of nitrogens with one attached hydrogen (secondary N) is 1. The lowest BCUT2D eigenvalue weighted by Crippen LogP contribution is -2.14. The Hall–Kier alpha value is -1.89. The SMILES string of the molecule is CCCNCc1cn(CCOc2c(C)nn(C)c2C)nn1. The van der Waals surface area contributed by atoms with Crippen molar-refractivity contribution in [3.05, 3.63) is 23.3 Å². The summed E-state index contributed by atoms with van der Waals surface area (Å²) in [5.41, 5.74) is 2.91. The van der Waals surface area contributed by atoms with Crippen LogP contribution in [0.4, 0.5) is 0 Å². The van der Waals surface area contributed by atoms with Gasteiger partial charge < -0.3 is 10.1 Å². The summed E-state index contributed by atoms with van der Waals surface area (Å²) in [4.78, 5) is 0. The fourth-order valence-electron chi connectivity index (χ4n) is 2.13. The molecule has 2 heterocycles. The van der Waals surface area contributed by atoms with Crippen LogP contribution in [0.15, 0.2) is 6.20 Å². The average Bonchev–Trinajstić information content (AvgIpc) is 2.99. The van der Waals surface area contributed by atoms with E-state index in [-0.39, 0.29) is 0 Å². The van der Waals surface area contributed by atoms with Crippen molar-refractivity contribution in [2.75, 3.05) is 13.2 Å². The van der Waals surface area contributed by atoms with E-state index in [1.54, 1.807) is 0 Å². The van der Waals surface area contributed by atoms with Crippen LogP contribution in [0.1, 0.15) is 30.4 Å². The largest absolute Gasteiger partial charge is 0.488 e. The number of aryl methyl sites for hydroxylation is 2. The number of hydrogen-bond donors (Lipinski definition) is 1. The molecule has 21 heavy (non-hydrogen) atoms. The number of rotatable bonds is 8. The number of ether oxygens (including phenoxy) is 1. The van der Waals surface area contributed by atoms with Crippen molar-refractivity contribution in [2.24, 2.45) is 7.05 Å². The monoisotopic (exact) mass is 292 g/mol. The van der Waals surface area contributed by atoms with Gasteiger partial charge in [-0.1, -0.05) is 12.1 Å². The average molecular weight is 292 g/mol. The van der Waals surface area contributed by atoms with Crippen molar-refractivity contribution >= 4 is 0 Å². The molecule has 0 radical (unpaired) electrons. The minimum atomic E-state index is 0.554. The van der Waals surface area contributed by atoms with Crippen LogP contribution < -0.4 is 10.1 Å². The summed E-state index contributed by atoms with van der Waals surface area (Å²) in [5, 5.41) is 15.9. The van der Waals surface area contributed by atoms with Crippen LogP contribution in [-0.2, 0) is 20.1 Å². The van der Waals surface area contributed by atoms with Crippen molar-refractivity contribution < 1.29 is 4.74 Å². The Bertz CT molecular complexity index is 574. The van der Waals surface area contributed by atoms with Gasteiger partial charge in [0, 0.05) is 19.8 Å². The molecular weight excluding hydrogens is 268 g/mol. The Morgan fingerprint density at radius 3 is 2.81 bits per heavy atom. The molecule has 0 bridgehead atoms. The van der Waals surface area contributed by atoms with E-state index in [1.807, 2.05) is 36.5 Å². The van der Waals surface area contributed by atoms with Gasteiger partial charge in [-0.05, 0) is 26.8 Å². The van der Waals surface area contributed by atoms with Gasteiger partial charge in [0.05, 0.1) is 17.9 Å². The molecule has 0 aliphatic heterocycles. The Morgan fingerprint density at radius 2 is 2.14 bits per heavy atom. The maximum Gasteiger partial charge on any atom is 0.163 e. The summed E-state index contributed by atoms with van der Waals surface area (Å²) in [7, 11) is 1.92. The topological polar surface area (TPSA) is 69.8 Å². The fourth-order valence-corrected chi connectivity index (χ4v) is 2.13. The summed E-state index contributed by atoms with van der Waals surface area (Å²) in [6, 6.07) is 0. The summed E-state index contributed by atoms with van der Waals surface area (Å²) in [6.07, 6.45) is 3.07. The smallest absolute Gasteiger partial charge is 0.163 e. The molecule has 0 saturated carbocycles. The van der Waals surface area contributed by atoms with Gasteiger partial charge in [-0.3, -0.25) is 4.68 Å². The molecule has 0 saturated heterocycles. The third-order valence-electron chi connectivity index (χ3n) is 3.33. The lowest BCUT2D eigenvalue weighted by atomic mass is 10.3. The molecule has 0 spiro atoms. The van der Waals surface area contributed by atoms with Crippen molar-refractivity contribution in [1.82, 2.24) is 30.1 Å². The normalized spacial score (nSPS) is 11.0. The maximum atomic E-state index is 5.81. The van der Waals surface area contributed by atoms with E-state index in [2.05, 4.69) is 27.7 Å². The summed E-state index contributed by atoms with van der Waals surface area (Å²) >= 11 is 0. The molecule has 0 aliphatic rings. The molecular formula is C14H24N6O. The second-order valence-corrected chi connectivity index (χ2v) is 5.12. The highest BCUT2D eigenvalue weighted by Gasteiger charge is 2.10. The predicted octanol–water partition coefficient (Wildman–Crippen LogP) is 1.21. The van der Waals surface area contributed by atoms with Crippen molar-refractivity contribution in [1.29, 1.82) is 0 Å². The first-order valence-corrected chi connectivity index (χ1v) is 7.34. The summed E-state index contributed by atoms with van der Waals surface area (Å²) in [5.74, 6) is 0.863. The van der Waals surface area contributed by atoms with Crippen LogP contribution in [0.2, 0.25) is 0 Å². The Balaban J connectivity index is 1.81. The fraction of sp³-hybridized carbons (Fsp3) is 0.643. The zero-order valence-electron chi connectivity index (χ0n) is 13.3. The molecule has 0 aromatic carbocycles. The highest BCUT2D eigenvalue weighted by atomic mass is 16.5. The zero-order valence-corrected chi connectivity index (χ0v) is 13.3. The molecule has 7 nitrogen and oxygen atoms in total. The van der Waals surface area contributed by atoms with Crippen LogP contribution in [0.3, 0.4) is 0 Å². The van der Waals surface area contributed by atoms with Gasteiger partial charge in [0.15, 0.2) is 5.75 Å². The summed E-state index contributed by atoms with van der Waals surface area (Å²) in [6.45, 7) is 9.08. The molecule has 1 N–H and O–H groups in total. The molecule has 2 rings (SSSR count). The maximum absolute atomic E-state index is 5.81. The van der Waals surface area contributed by atoms with Crippen molar-refractivity contribution in [3.8, 4) is 5.75 Å². The van der Waals surface area contributed by atoms with E-state index in [1.165, 1.54) is 0 Å². The van der Waals surface area contributed by atoms with Crippen LogP contribution in [0.25, 0.3) is 0 Å². The Labute approximate surface area is 125 Å². The first-order valence-electron chi connectivity index (χ1n) is 7.34. The van der Waals surface area contributed by atoms with E-state index in [0.717, 1.165) is 42.3 Å². The van der Waals surface area contributed by atoms with Gasteiger partial charge in [0.2, 0.25) is 0 Å². The Morgan fingerprint density at radius 1 is 1.33 bits per heavy atom. The van der Waals surface area contributed by atoms with Crippen molar-refractivity contribution in [3.63, 3.8) is 0 Å². The van der Waals surface area contributed by atoms with Gasteiger partial charge in [-0.25, -0.2) is 4.68 Å². The first-order chi connectivity index (χ1) is 10.1. The lowest BCUT2D eigenvalue weighted by molar-refractivity contribution is 0.286. The lowest BCUT2D eigenvalue weighted by Gasteiger charge is -2.06. The first kappa shape index (κ1) is 15.5. The Kier molecular flexibility index (Phi) is 5.32. The molecule has 0 fully saturated rings. The minimum Gasteiger partial charge on any atom is -0.488 e. The molecule has 116 valence electrons. The van der Waals surface area contributed by atoms with E-state index in [0.29, 0.717) is 13.2 Å². The van der Waals surface area contributed by atoms with Gasteiger partial charge >= 0.3 is 0 Å². The summed E-state index contributed by atoms with van der Waals surface area (Å²) < 4.78 is 9.45. The van der Waals surface area contributed by atoms with Crippen LogP contribution in [-0.4, -0.2) is 37.9 Å². The van der Waals surface area contributed by atoms with E-state index < -0.39 is 0 Å². The highest BCUT2D eigenvalue weighted by Crippen LogP contribution is 2.21. The van der Waals surface area contributed by atoms with E-state index in [4.69, 9.17) is 4.74 Å². The van der Waals surface area contributed by atoms with E-state index in [9.17, 15) is 0 Å². The number of hydrogen-bond acceptors (Lipinski definition) is 5. The second-order valence-electron chi connectivity index (χ2n) is 5.12. The molecule has 0 atom stereocenters. The molecule has 7 heteroatoms. The van der Waals surface area contributed by atoms with Crippen LogP contribution in [0, 0.1) is 13.8 Å². The van der Waals surface area contributed by atoms with Gasteiger partial charge in [0.25, 0.3) is 0 Å². The molecule has 0 amide bonds. The standard InChI is InChI=1S/C14H24N6O/c1-5-6-15-9-13-10-20(18-16-13)7-8-21-14-11(2)17-19(4)12(14)3/h10,15H,5-9H2,1-4H3. The zero-order chi connectivity index (χ0) is 15.2. The predicted molar refractivity (Wildman–Crippen MR) is 80.2 cm³/mol. The van der Waals surface area contributed by atoms with E-state index >= 15 is 0 Å². The van der Waals surface area contributed by atoms with Crippen LogP contribution in [0.5, 0.6) is 5.75 Å². The third kappa shape index (κ3) is 4.04. The second kappa shape index (κ2) is 7.21. The molecule has 0 unspecified atom stereocenters. The quantitative estimate of drug-likeness (QED) is 0.741. The van der Waals surface area contributed by atoms with Crippen LogP contribution >= 0.6 is 0 Å². The minimum absolute atomic E-state index is 0.554. The molecule has 0 aliphatic carbocycles. The van der Waals surface area contributed by atoms with Gasteiger partial charge in [0.1, 0.15) is 12.3 Å². The highest BCUT2D eigenvalue weighted by molar-refractivity contribution is 5.31. The van der Waals surface area contributed by atoms with Crippen molar-refractivity contribution in [2.45, 2.75) is 40.3 Å².